The molecule has 0 saturated carbocycles. The summed E-state index contributed by atoms with van der Waals surface area (Å²) in [5.41, 5.74) is 5.67. The smallest absolute Gasteiger partial charge is 0.388 e. The normalized spacial score (nSPS) is 10.7. The maximum Gasteiger partial charge on any atom is 0.388 e. The number of aryl methyl sites for hydroxylation is 1. The number of hydrogen-bond acceptors (Lipinski definition) is 5. The third-order valence-corrected chi connectivity index (χ3v) is 2.90. The zero-order chi connectivity index (χ0) is 14.2. The van der Waals surface area contributed by atoms with E-state index >= 15 is 0 Å². The first-order chi connectivity index (χ1) is 8.93. The monoisotopic (exact) mass is 332 g/mol. The number of nitriles is 1. The second-order valence-corrected chi connectivity index (χ2v) is 4.22. The van der Waals surface area contributed by atoms with E-state index in [1.54, 1.807) is 0 Å². The van der Waals surface area contributed by atoms with Gasteiger partial charge in [-0.25, -0.2) is 9.36 Å². The average Bonchev–Trinajstić information content (AvgIpc) is 2.83. The van der Waals surface area contributed by atoms with Crippen LogP contribution in [0.15, 0.2) is 10.7 Å². The fourth-order valence-corrected chi connectivity index (χ4v) is 2.02. The topological polar surface area (TPSA) is 94.7 Å². The van der Waals surface area contributed by atoms with Crippen molar-refractivity contribution in [2.24, 2.45) is 7.05 Å². The van der Waals surface area contributed by atoms with Crippen LogP contribution in [0.25, 0.3) is 5.82 Å². The molecule has 0 saturated heterocycles. The summed E-state index contributed by atoms with van der Waals surface area (Å²) in [4.78, 5) is 0. The third kappa shape index (κ3) is 2.37. The molecule has 2 rings (SSSR count). The lowest BCUT2D eigenvalue weighted by Crippen LogP contribution is -2.06. The number of aromatic nitrogens is 4. The molecule has 0 fully saturated rings. The van der Waals surface area contributed by atoms with Crippen molar-refractivity contribution in [3.8, 4) is 17.8 Å². The summed E-state index contributed by atoms with van der Waals surface area (Å²) in [6.07, 6.45) is 1.34. The Kier molecular flexibility index (Phi) is 3.39. The minimum absolute atomic E-state index is 0.0244. The Balaban J connectivity index is 2.49. The van der Waals surface area contributed by atoms with E-state index in [1.165, 1.54) is 17.9 Å². The van der Waals surface area contributed by atoms with Gasteiger partial charge in [-0.05, 0) is 15.9 Å². The number of hydrogen-bond donors (Lipinski definition) is 1. The summed E-state index contributed by atoms with van der Waals surface area (Å²) >= 11 is 3.10. The highest BCUT2D eigenvalue weighted by Gasteiger charge is 2.21. The van der Waals surface area contributed by atoms with Gasteiger partial charge in [-0.1, -0.05) is 0 Å². The van der Waals surface area contributed by atoms with Gasteiger partial charge in [0.2, 0.25) is 5.88 Å². The molecule has 2 heterocycles. The van der Waals surface area contributed by atoms with Crippen molar-refractivity contribution in [3.63, 3.8) is 0 Å². The number of ether oxygens (including phenoxy) is 1. The van der Waals surface area contributed by atoms with Gasteiger partial charge in [-0.2, -0.15) is 14.0 Å². The minimum atomic E-state index is -2.98. The van der Waals surface area contributed by atoms with Gasteiger partial charge in [0.15, 0.2) is 11.6 Å². The standard InChI is InChI=1S/C9H7BrF2N6O/c1-17-8(19-9(11)12)5(10)7(16-17)18-3-4(2-13)6(14)15-18/h3,9H,1H3,(H2,14,15). The van der Waals surface area contributed by atoms with Gasteiger partial charge in [-0.3, -0.25) is 0 Å². The van der Waals surface area contributed by atoms with E-state index in [0.29, 0.717) is 0 Å². The molecule has 0 spiro atoms. The lowest BCUT2D eigenvalue weighted by Gasteiger charge is -2.03. The first kappa shape index (κ1) is 13.3. The van der Waals surface area contributed by atoms with Crippen LogP contribution < -0.4 is 10.5 Å². The Hall–Kier alpha value is -2.15. The van der Waals surface area contributed by atoms with Gasteiger partial charge < -0.3 is 10.5 Å². The van der Waals surface area contributed by atoms with Crippen LogP contribution in [0, 0.1) is 11.3 Å². The van der Waals surface area contributed by atoms with Crippen molar-refractivity contribution < 1.29 is 13.5 Å². The van der Waals surface area contributed by atoms with Crippen LogP contribution in [0.3, 0.4) is 0 Å². The molecule has 19 heavy (non-hydrogen) atoms. The number of rotatable bonds is 3. The number of halogens is 3. The second kappa shape index (κ2) is 4.85. The van der Waals surface area contributed by atoms with Crippen LogP contribution in [-0.2, 0) is 7.05 Å². The maximum atomic E-state index is 12.2. The molecule has 0 aliphatic heterocycles. The van der Waals surface area contributed by atoms with Crippen LogP contribution in [0.5, 0.6) is 5.88 Å². The molecular weight excluding hydrogens is 326 g/mol. The highest BCUT2D eigenvalue weighted by Crippen LogP contribution is 2.31. The Morgan fingerprint density at radius 3 is 2.74 bits per heavy atom. The maximum absolute atomic E-state index is 12.2. The molecule has 10 heteroatoms. The number of anilines is 1. The summed E-state index contributed by atoms with van der Waals surface area (Å²) in [6, 6.07) is 1.85. The fraction of sp³-hybridized carbons (Fsp3) is 0.222. The quantitative estimate of drug-likeness (QED) is 0.917. The Bertz CT molecular complexity index is 658. The third-order valence-electron chi connectivity index (χ3n) is 2.20. The van der Waals surface area contributed by atoms with Crippen molar-refractivity contribution in [2.75, 3.05) is 5.73 Å². The molecule has 0 aromatic carbocycles. The zero-order valence-electron chi connectivity index (χ0n) is 9.51. The molecular formula is C9H7BrF2N6O. The molecule has 2 N–H and O–H groups in total. The van der Waals surface area contributed by atoms with Gasteiger partial charge in [0, 0.05) is 7.05 Å². The molecule has 100 valence electrons. The van der Waals surface area contributed by atoms with Crippen LogP contribution in [0.4, 0.5) is 14.6 Å². The van der Waals surface area contributed by atoms with Gasteiger partial charge in [0.1, 0.15) is 16.1 Å². The van der Waals surface area contributed by atoms with Gasteiger partial charge in [0.05, 0.1) is 6.20 Å². The number of nitrogens with two attached hydrogens (primary N) is 1. The predicted octanol–water partition coefficient (Wildman–Crippen LogP) is 1.42. The first-order valence-electron chi connectivity index (χ1n) is 4.87. The molecule has 0 radical (unpaired) electrons. The summed E-state index contributed by atoms with van der Waals surface area (Å²) in [6.45, 7) is -2.98. The summed E-state index contributed by atoms with van der Waals surface area (Å²) in [5, 5.41) is 16.6. The zero-order valence-corrected chi connectivity index (χ0v) is 11.1. The lowest BCUT2D eigenvalue weighted by atomic mass is 10.4. The highest BCUT2D eigenvalue weighted by molar-refractivity contribution is 9.10. The number of alkyl halides is 2. The van der Waals surface area contributed by atoms with Gasteiger partial charge in [-0.15, -0.1) is 10.2 Å². The molecule has 0 atom stereocenters. The van der Waals surface area contributed by atoms with Gasteiger partial charge >= 0.3 is 6.61 Å². The average molecular weight is 333 g/mol. The van der Waals surface area contributed by atoms with Crippen molar-refractivity contribution in [1.82, 2.24) is 19.6 Å². The van der Waals surface area contributed by atoms with E-state index in [-0.39, 0.29) is 27.6 Å². The predicted molar refractivity (Wildman–Crippen MR) is 63.8 cm³/mol. The van der Waals surface area contributed by atoms with Crippen molar-refractivity contribution >= 4 is 21.7 Å². The molecule has 0 bridgehead atoms. The molecule has 2 aromatic rings. The Morgan fingerprint density at radius 1 is 1.53 bits per heavy atom. The first-order valence-corrected chi connectivity index (χ1v) is 5.66. The van der Waals surface area contributed by atoms with Crippen LogP contribution >= 0.6 is 15.9 Å². The van der Waals surface area contributed by atoms with E-state index in [1.807, 2.05) is 6.07 Å². The van der Waals surface area contributed by atoms with E-state index < -0.39 is 6.61 Å². The summed E-state index contributed by atoms with van der Waals surface area (Å²) < 4.78 is 31.3. The van der Waals surface area contributed by atoms with Crippen molar-refractivity contribution in [1.29, 1.82) is 5.26 Å². The van der Waals surface area contributed by atoms with Crippen molar-refractivity contribution in [2.45, 2.75) is 6.61 Å². The Labute approximate surface area is 114 Å². The second-order valence-electron chi connectivity index (χ2n) is 3.43. The van der Waals surface area contributed by atoms with E-state index in [4.69, 9.17) is 11.0 Å². The minimum Gasteiger partial charge on any atom is -0.416 e. The number of nitrogens with zero attached hydrogens (tertiary/aromatic N) is 5. The summed E-state index contributed by atoms with van der Waals surface area (Å²) in [5.74, 6) is 0.0558. The van der Waals surface area contributed by atoms with Crippen LogP contribution in [-0.4, -0.2) is 26.2 Å². The molecule has 0 unspecified atom stereocenters. The SMILES string of the molecule is Cn1nc(-n2cc(C#N)c(N)n2)c(Br)c1OC(F)F. The molecule has 7 nitrogen and oxygen atoms in total. The van der Waals surface area contributed by atoms with E-state index in [9.17, 15) is 8.78 Å². The molecule has 0 aliphatic carbocycles. The van der Waals surface area contributed by atoms with Gasteiger partial charge in [0.25, 0.3) is 0 Å². The number of nitrogen functional groups attached to an aromatic ring is 1. The molecule has 0 amide bonds. The summed E-state index contributed by atoms with van der Waals surface area (Å²) in [7, 11) is 1.43. The van der Waals surface area contributed by atoms with E-state index in [2.05, 4.69) is 30.9 Å². The largest absolute Gasteiger partial charge is 0.416 e. The highest BCUT2D eigenvalue weighted by atomic mass is 79.9. The van der Waals surface area contributed by atoms with Crippen LogP contribution in [0.1, 0.15) is 5.56 Å². The van der Waals surface area contributed by atoms with Crippen molar-refractivity contribution in [3.05, 3.63) is 16.2 Å². The lowest BCUT2D eigenvalue weighted by molar-refractivity contribution is -0.0558. The fourth-order valence-electron chi connectivity index (χ4n) is 1.41. The molecule has 2 aromatic heterocycles. The van der Waals surface area contributed by atoms with Crippen LogP contribution in [0.2, 0.25) is 0 Å². The van der Waals surface area contributed by atoms with E-state index in [0.717, 1.165) is 4.68 Å². The Morgan fingerprint density at radius 2 is 2.21 bits per heavy atom. The molecule has 0 aliphatic rings.